The number of benzene rings is 3. The summed E-state index contributed by atoms with van der Waals surface area (Å²) in [6.45, 7) is -0.141. The number of nitrogens with zero attached hydrogens (tertiary/aromatic N) is 2. The molecule has 0 aliphatic carbocycles. The highest BCUT2D eigenvalue weighted by atomic mass is 79.9. The highest BCUT2D eigenvalue weighted by Crippen LogP contribution is 2.36. The Balaban J connectivity index is 1.33. The van der Waals surface area contributed by atoms with Gasteiger partial charge in [0.15, 0.2) is 12.6 Å². The molecule has 1 amide bonds. The number of hydrogen-bond donors (Lipinski definition) is 3. The van der Waals surface area contributed by atoms with Gasteiger partial charge in [-0.3, -0.25) is 9.79 Å². The van der Waals surface area contributed by atoms with Crippen molar-refractivity contribution in [3.63, 3.8) is 0 Å². The summed E-state index contributed by atoms with van der Waals surface area (Å²) in [6.07, 6.45) is 0. The largest absolute Gasteiger partial charge is 0.472 e. The number of amides is 1. The number of phosphoric ester groups is 1. The Labute approximate surface area is 222 Å². The summed E-state index contributed by atoms with van der Waals surface area (Å²) in [6, 6.07) is 20.4. The van der Waals surface area contributed by atoms with Gasteiger partial charge in [0.05, 0.1) is 11.0 Å². The third kappa shape index (κ3) is 7.61. The lowest BCUT2D eigenvalue weighted by Gasteiger charge is -2.13. The first kappa shape index (κ1) is 26.8. The molecule has 13 heteroatoms. The van der Waals surface area contributed by atoms with Gasteiger partial charge < -0.3 is 24.6 Å². The molecule has 190 valence electrons. The number of ether oxygens (including phenoxy) is 2. The van der Waals surface area contributed by atoms with Crippen molar-refractivity contribution in [1.29, 1.82) is 0 Å². The maximum absolute atomic E-state index is 12.6. The molecule has 0 aromatic heterocycles. The fourth-order valence-corrected chi connectivity index (χ4v) is 4.27. The molecule has 1 aliphatic heterocycles. The quantitative estimate of drug-likeness (QED) is 0.189. The average Bonchev–Trinajstić information content (AvgIpc) is 3.36. The van der Waals surface area contributed by atoms with Crippen LogP contribution in [0.25, 0.3) is 0 Å². The van der Waals surface area contributed by atoms with E-state index < -0.39 is 14.6 Å². The molecule has 3 N–H and O–H groups in total. The number of halogens is 1. The van der Waals surface area contributed by atoms with E-state index in [9.17, 15) is 9.36 Å². The highest BCUT2D eigenvalue weighted by Gasteiger charge is 2.21. The van der Waals surface area contributed by atoms with Gasteiger partial charge >= 0.3 is 7.82 Å². The lowest BCUT2D eigenvalue weighted by Crippen LogP contribution is -2.31. The monoisotopic (exact) mass is 585 g/mol. The second-order valence-electron chi connectivity index (χ2n) is 7.93. The first-order valence-corrected chi connectivity index (χ1v) is 13.4. The van der Waals surface area contributed by atoms with Crippen LogP contribution in [0.2, 0.25) is 0 Å². The Morgan fingerprint density at radius 2 is 1.78 bits per heavy atom. The van der Waals surface area contributed by atoms with Crippen molar-refractivity contribution < 1.29 is 33.1 Å². The number of amidine groups is 1. The lowest BCUT2D eigenvalue weighted by molar-refractivity contribution is -0.115. The van der Waals surface area contributed by atoms with Gasteiger partial charge in [-0.1, -0.05) is 36.4 Å². The molecule has 0 bridgehead atoms. The molecule has 0 fully saturated rings. The van der Waals surface area contributed by atoms with E-state index in [4.69, 9.17) is 19.3 Å². The van der Waals surface area contributed by atoms with Crippen molar-refractivity contribution >= 4 is 54.5 Å². The van der Waals surface area contributed by atoms with Crippen molar-refractivity contribution in [1.82, 2.24) is 5.32 Å². The van der Waals surface area contributed by atoms with Crippen molar-refractivity contribution in [2.45, 2.75) is 6.54 Å². The van der Waals surface area contributed by atoms with Crippen molar-refractivity contribution in [2.75, 3.05) is 13.3 Å². The van der Waals surface area contributed by atoms with Crippen LogP contribution in [-0.4, -0.2) is 48.4 Å². The van der Waals surface area contributed by atoms with E-state index in [2.05, 4.69) is 35.8 Å². The van der Waals surface area contributed by atoms with Crippen LogP contribution in [0.1, 0.15) is 11.1 Å². The molecule has 0 unspecified atom stereocenters. The fraction of sp³-hybridized carbons (Fsp3) is 0.125. The summed E-state index contributed by atoms with van der Waals surface area (Å²) in [5, 5.41) is 2.86. The molecule has 0 saturated carbocycles. The second kappa shape index (κ2) is 11.8. The minimum atomic E-state index is -4.64. The minimum Gasteiger partial charge on any atom is -0.466 e. The summed E-state index contributed by atoms with van der Waals surface area (Å²) in [4.78, 5) is 39.0. The van der Waals surface area contributed by atoms with E-state index in [-0.39, 0.29) is 12.5 Å². The first-order valence-electron chi connectivity index (χ1n) is 11.0. The van der Waals surface area contributed by atoms with Crippen LogP contribution < -0.4 is 20.3 Å². The fourth-order valence-electron chi connectivity index (χ4n) is 3.41. The maximum Gasteiger partial charge on any atom is 0.472 e. The Morgan fingerprint density at radius 3 is 2.46 bits per heavy atom. The standard InChI is InChI=1S/C24H22BBrN3O7P/c25-19-10-16(11-20(26)22(19)34-14-35-37(31,32)33)23-27-13-21(29-23)24(30)28-12-15-6-8-18(9-7-15)36-17-4-2-1-3-5-17/h1-11H,12-14,25H2,(H,28,30)(H2,31,32,33). The molecule has 1 aliphatic rings. The summed E-state index contributed by atoms with van der Waals surface area (Å²) >= 11 is 3.38. The zero-order valence-electron chi connectivity index (χ0n) is 19.6. The molecule has 3 aromatic carbocycles. The van der Waals surface area contributed by atoms with Crippen molar-refractivity contribution in [3.8, 4) is 17.2 Å². The predicted molar refractivity (Wildman–Crippen MR) is 145 cm³/mol. The Kier molecular flexibility index (Phi) is 8.57. The first-order chi connectivity index (χ1) is 17.7. The maximum atomic E-state index is 12.6. The van der Waals surface area contributed by atoms with Crippen LogP contribution in [0.15, 0.2) is 81.2 Å². The highest BCUT2D eigenvalue weighted by molar-refractivity contribution is 9.10. The minimum absolute atomic E-state index is 0.149. The summed E-state index contributed by atoms with van der Waals surface area (Å²) in [5.74, 6) is 1.89. The van der Waals surface area contributed by atoms with E-state index in [1.165, 1.54) is 0 Å². The topological polar surface area (TPSA) is 139 Å². The zero-order valence-corrected chi connectivity index (χ0v) is 22.1. The molecule has 4 rings (SSSR count). The Hall–Kier alpha value is -3.28. The van der Waals surface area contributed by atoms with Gasteiger partial charge in [0, 0.05) is 12.1 Å². The zero-order chi connectivity index (χ0) is 26.4. The van der Waals surface area contributed by atoms with Gasteiger partial charge in [-0.15, -0.1) is 0 Å². The number of hydrogen-bond acceptors (Lipinski definition) is 7. The number of nitrogens with one attached hydrogen (secondary N) is 1. The number of carbonyl (C=O) groups is 1. The van der Waals surface area contributed by atoms with Gasteiger partial charge in [0.25, 0.3) is 5.91 Å². The number of rotatable bonds is 10. The number of carbonyl (C=O) groups excluding carboxylic acids is 1. The third-order valence-electron chi connectivity index (χ3n) is 5.15. The number of phosphoric acid groups is 1. The summed E-state index contributed by atoms with van der Waals surface area (Å²) < 4.78 is 26.8. The average molecular weight is 586 g/mol. The molecular formula is C24H22BBrN3O7P. The van der Waals surface area contributed by atoms with Crippen molar-refractivity contribution in [3.05, 3.63) is 82.3 Å². The normalized spacial score (nSPS) is 13.1. The Morgan fingerprint density at radius 1 is 1.08 bits per heavy atom. The van der Waals surface area contributed by atoms with Gasteiger partial charge in [-0.2, -0.15) is 0 Å². The van der Waals surface area contributed by atoms with Crippen LogP contribution in [0, 0.1) is 0 Å². The van der Waals surface area contributed by atoms with Gasteiger partial charge in [0.2, 0.25) is 0 Å². The molecule has 0 spiro atoms. The summed E-state index contributed by atoms with van der Waals surface area (Å²) in [7, 11) is -2.88. The van der Waals surface area contributed by atoms with E-state index in [1.807, 2.05) is 54.6 Å². The molecule has 0 saturated heterocycles. The molecule has 37 heavy (non-hydrogen) atoms. The van der Waals surface area contributed by atoms with Crippen LogP contribution in [0.3, 0.4) is 0 Å². The molecule has 3 aromatic rings. The van der Waals surface area contributed by atoms with E-state index in [1.54, 1.807) is 20.0 Å². The van der Waals surface area contributed by atoms with Crippen LogP contribution in [-0.2, 0) is 20.4 Å². The van der Waals surface area contributed by atoms with E-state index in [0.717, 1.165) is 11.3 Å². The van der Waals surface area contributed by atoms with Crippen molar-refractivity contribution in [2.24, 2.45) is 9.98 Å². The Bertz CT molecular complexity index is 1370. The smallest absolute Gasteiger partial charge is 0.466 e. The number of aliphatic imine (C=N–C) groups is 2. The van der Waals surface area contributed by atoms with E-state index in [0.29, 0.717) is 45.1 Å². The predicted octanol–water partition coefficient (Wildman–Crippen LogP) is 2.46. The molecule has 0 radical (unpaired) electrons. The number of para-hydroxylation sites is 1. The van der Waals surface area contributed by atoms with E-state index >= 15 is 0 Å². The SMILES string of the molecule is Bc1cc(C2=NCC(C(=O)NCc3ccc(Oc4ccccc4)cc3)=N2)cc(Br)c1OCOP(=O)(O)O. The second-order valence-corrected chi connectivity index (χ2v) is 10.0. The van der Waals surface area contributed by atoms with Crippen LogP contribution in [0.5, 0.6) is 17.2 Å². The van der Waals surface area contributed by atoms with Crippen LogP contribution >= 0.6 is 23.8 Å². The molecule has 0 atom stereocenters. The van der Waals surface area contributed by atoms with Gasteiger partial charge in [-0.05, 0) is 57.3 Å². The molecule has 1 heterocycles. The summed E-state index contributed by atoms with van der Waals surface area (Å²) in [5.41, 5.74) is 2.52. The van der Waals surface area contributed by atoms with Crippen LogP contribution in [0.4, 0.5) is 0 Å². The molecular weight excluding hydrogens is 564 g/mol. The van der Waals surface area contributed by atoms with Gasteiger partial charge in [0.1, 0.15) is 30.8 Å². The molecule has 10 nitrogen and oxygen atoms in total. The lowest BCUT2D eigenvalue weighted by atomic mass is 9.93. The van der Waals surface area contributed by atoms with Gasteiger partial charge in [-0.25, -0.2) is 14.1 Å². The third-order valence-corrected chi connectivity index (χ3v) is 6.18.